The van der Waals surface area contributed by atoms with E-state index in [1.807, 2.05) is 19.3 Å². The smallest absolute Gasteiger partial charge is 0.106 e. The number of pyridine rings is 1. The SMILES string of the molecule is CNN1CCCC1c1ccc(Br)nc1. The van der Waals surface area contributed by atoms with Crippen LogP contribution in [0.25, 0.3) is 0 Å². The zero-order valence-electron chi connectivity index (χ0n) is 8.20. The molecule has 1 saturated heterocycles. The molecule has 1 aromatic heterocycles. The van der Waals surface area contributed by atoms with Crippen molar-refractivity contribution in [3.63, 3.8) is 0 Å². The first kappa shape index (κ1) is 10.1. The number of nitrogens with zero attached hydrogens (tertiary/aromatic N) is 2. The van der Waals surface area contributed by atoms with Gasteiger partial charge in [0, 0.05) is 12.7 Å². The highest BCUT2D eigenvalue weighted by Gasteiger charge is 2.24. The fourth-order valence-corrected chi connectivity index (χ4v) is 2.20. The Morgan fingerprint density at radius 1 is 1.57 bits per heavy atom. The maximum Gasteiger partial charge on any atom is 0.106 e. The highest BCUT2D eigenvalue weighted by molar-refractivity contribution is 9.10. The molecule has 0 spiro atoms. The van der Waals surface area contributed by atoms with Crippen molar-refractivity contribution in [3.8, 4) is 0 Å². The molecule has 1 unspecified atom stereocenters. The van der Waals surface area contributed by atoms with Crippen LogP contribution in [0.3, 0.4) is 0 Å². The van der Waals surface area contributed by atoms with Crippen LogP contribution in [0, 0.1) is 0 Å². The van der Waals surface area contributed by atoms with E-state index < -0.39 is 0 Å². The third-order valence-corrected chi connectivity index (χ3v) is 3.14. The van der Waals surface area contributed by atoms with Crippen LogP contribution >= 0.6 is 15.9 Å². The van der Waals surface area contributed by atoms with Crippen molar-refractivity contribution >= 4 is 15.9 Å². The Labute approximate surface area is 92.6 Å². The topological polar surface area (TPSA) is 28.2 Å². The number of rotatable bonds is 2. The number of hydrazine groups is 1. The Kier molecular flexibility index (Phi) is 3.15. The molecule has 0 radical (unpaired) electrons. The van der Waals surface area contributed by atoms with Gasteiger partial charge in [-0.05, 0) is 47.4 Å². The lowest BCUT2D eigenvalue weighted by Gasteiger charge is -2.23. The van der Waals surface area contributed by atoms with Gasteiger partial charge in [-0.15, -0.1) is 0 Å². The summed E-state index contributed by atoms with van der Waals surface area (Å²) in [6, 6.07) is 4.62. The normalized spacial score (nSPS) is 22.9. The fourth-order valence-electron chi connectivity index (χ4n) is 1.97. The Hall–Kier alpha value is -0.450. The number of aromatic nitrogens is 1. The van der Waals surface area contributed by atoms with E-state index in [9.17, 15) is 0 Å². The van der Waals surface area contributed by atoms with Crippen molar-refractivity contribution in [3.05, 3.63) is 28.5 Å². The van der Waals surface area contributed by atoms with E-state index in [0.29, 0.717) is 6.04 Å². The van der Waals surface area contributed by atoms with Crippen LogP contribution in [0.15, 0.2) is 22.9 Å². The van der Waals surface area contributed by atoms with Crippen LogP contribution < -0.4 is 5.43 Å². The molecule has 3 nitrogen and oxygen atoms in total. The van der Waals surface area contributed by atoms with Crippen LogP contribution in [0.5, 0.6) is 0 Å². The highest BCUT2D eigenvalue weighted by Crippen LogP contribution is 2.29. The molecule has 0 aliphatic carbocycles. The van der Waals surface area contributed by atoms with Crippen LogP contribution in [0.1, 0.15) is 24.4 Å². The average molecular weight is 256 g/mol. The van der Waals surface area contributed by atoms with Gasteiger partial charge in [0.25, 0.3) is 0 Å². The maximum atomic E-state index is 4.25. The molecule has 76 valence electrons. The van der Waals surface area contributed by atoms with Crippen molar-refractivity contribution in [2.45, 2.75) is 18.9 Å². The molecule has 2 rings (SSSR count). The van der Waals surface area contributed by atoms with Gasteiger partial charge in [0.1, 0.15) is 4.60 Å². The molecule has 1 aliphatic heterocycles. The first-order valence-corrected chi connectivity index (χ1v) is 5.66. The summed E-state index contributed by atoms with van der Waals surface area (Å²) >= 11 is 3.35. The maximum absolute atomic E-state index is 4.25. The third kappa shape index (κ3) is 1.97. The van der Waals surface area contributed by atoms with Gasteiger partial charge in [-0.1, -0.05) is 6.07 Å². The summed E-state index contributed by atoms with van der Waals surface area (Å²) in [7, 11) is 1.98. The largest absolute Gasteiger partial charge is 0.258 e. The Balaban J connectivity index is 2.17. The zero-order valence-corrected chi connectivity index (χ0v) is 9.79. The molecule has 0 bridgehead atoms. The number of nitrogens with one attached hydrogen (secondary N) is 1. The molecule has 2 heterocycles. The van der Waals surface area contributed by atoms with Crippen LogP contribution in [0.2, 0.25) is 0 Å². The van der Waals surface area contributed by atoms with E-state index in [4.69, 9.17) is 0 Å². The molecule has 0 aromatic carbocycles. The Morgan fingerprint density at radius 2 is 2.43 bits per heavy atom. The molecular formula is C10H14BrN3. The lowest BCUT2D eigenvalue weighted by Crippen LogP contribution is -2.34. The van der Waals surface area contributed by atoms with Gasteiger partial charge in [0.05, 0.1) is 6.04 Å². The predicted octanol–water partition coefficient (Wildman–Crippen LogP) is 2.12. The molecule has 1 aromatic rings. The van der Waals surface area contributed by atoms with Gasteiger partial charge in [0.2, 0.25) is 0 Å². The summed E-state index contributed by atoms with van der Waals surface area (Å²) in [6.07, 6.45) is 4.41. The lowest BCUT2D eigenvalue weighted by atomic mass is 10.1. The van der Waals surface area contributed by atoms with Gasteiger partial charge < -0.3 is 0 Å². The molecule has 1 fully saturated rings. The van der Waals surface area contributed by atoms with Gasteiger partial charge >= 0.3 is 0 Å². The van der Waals surface area contributed by atoms with Crippen molar-refractivity contribution in [2.75, 3.05) is 13.6 Å². The molecule has 1 aliphatic rings. The molecule has 1 N–H and O–H groups in total. The average Bonchev–Trinajstić information content (AvgIpc) is 2.67. The monoisotopic (exact) mass is 255 g/mol. The minimum atomic E-state index is 0.487. The molecule has 14 heavy (non-hydrogen) atoms. The van der Waals surface area contributed by atoms with E-state index in [1.165, 1.54) is 18.4 Å². The quantitative estimate of drug-likeness (QED) is 0.821. The molecule has 0 amide bonds. The molecule has 0 saturated carbocycles. The number of hydrogen-bond acceptors (Lipinski definition) is 3. The van der Waals surface area contributed by atoms with Crippen molar-refractivity contribution in [2.24, 2.45) is 0 Å². The third-order valence-electron chi connectivity index (χ3n) is 2.68. The zero-order chi connectivity index (χ0) is 9.97. The predicted molar refractivity (Wildman–Crippen MR) is 59.7 cm³/mol. The van der Waals surface area contributed by atoms with Crippen molar-refractivity contribution in [1.82, 2.24) is 15.4 Å². The standard InChI is InChI=1S/C10H14BrN3/c1-12-14-6-2-3-9(14)8-4-5-10(11)13-7-8/h4-5,7,9,12H,2-3,6H2,1H3. The lowest BCUT2D eigenvalue weighted by molar-refractivity contribution is 0.190. The van der Waals surface area contributed by atoms with Gasteiger partial charge in [-0.3, -0.25) is 5.43 Å². The molecule has 4 heteroatoms. The van der Waals surface area contributed by atoms with E-state index in [2.05, 4.69) is 37.4 Å². The van der Waals surface area contributed by atoms with E-state index in [-0.39, 0.29) is 0 Å². The van der Waals surface area contributed by atoms with Gasteiger partial charge in [0.15, 0.2) is 0 Å². The highest BCUT2D eigenvalue weighted by atomic mass is 79.9. The van der Waals surface area contributed by atoms with Crippen LogP contribution in [-0.2, 0) is 0 Å². The second-order valence-electron chi connectivity index (χ2n) is 3.49. The van der Waals surface area contributed by atoms with E-state index >= 15 is 0 Å². The van der Waals surface area contributed by atoms with E-state index in [1.54, 1.807) is 0 Å². The van der Waals surface area contributed by atoms with Gasteiger partial charge in [-0.25, -0.2) is 9.99 Å². The van der Waals surface area contributed by atoms with Crippen molar-refractivity contribution < 1.29 is 0 Å². The number of hydrogen-bond donors (Lipinski definition) is 1. The van der Waals surface area contributed by atoms with Gasteiger partial charge in [-0.2, -0.15) is 0 Å². The minimum Gasteiger partial charge on any atom is -0.258 e. The van der Waals surface area contributed by atoms with E-state index in [0.717, 1.165) is 11.1 Å². The summed E-state index contributed by atoms with van der Waals surface area (Å²) < 4.78 is 0.898. The summed E-state index contributed by atoms with van der Waals surface area (Å²) in [4.78, 5) is 4.25. The minimum absolute atomic E-state index is 0.487. The Morgan fingerprint density at radius 3 is 3.07 bits per heavy atom. The second kappa shape index (κ2) is 4.38. The second-order valence-corrected chi connectivity index (χ2v) is 4.30. The first-order chi connectivity index (χ1) is 6.81. The summed E-state index contributed by atoms with van der Waals surface area (Å²) in [5, 5.41) is 2.27. The molecular weight excluding hydrogens is 242 g/mol. The summed E-state index contributed by atoms with van der Waals surface area (Å²) in [6.45, 7) is 1.12. The fraction of sp³-hybridized carbons (Fsp3) is 0.500. The Bertz CT molecular complexity index is 299. The van der Waals surface area contributed by atoms with Crippen molar-refractivity contribution in [1.29, 1.82) is 0 Å². The summed E-state index contributed by atoms with van der Waals surface area (Å²) in [5.74, 6) is 0. The van der Waals surface area contributed by atoms with Crippen LogP contribution in [-0.4, -0.2) is 23.6 Å². The molecule has 1 atom stereocenters. The summed E-state index contributed by atoms with van der Waals surface area (Å²) in [5.41, 5.74) is 4.51. The number of halogens is 1. The first-order valence-electron chi connectivity index (χ1n) is 4.87. The van der Waals surface area contributed by atoms with Crippen LogP contribution in [0.4, 0.5) is 0 Å².